The predicted octanol–water partition coefficient (Wildman–Crippen LogP) is 2.79. The van der Waals surface area contributed by atoms with E-state index < -0.39 is 9.05 Å². The normalized spacial score (nSPS) is 14.1. The molecule has 0 aliphatic carbocycles. The minimum absolute atomic E-state index is 0.0602. The highest BCUT2D eigenvalue weighted by Gasteiger charge is 2.09. The molecule has 0 amide bonds. The van der Waals surface area contributed by atoms with Gasteiger partial charge in [-0.3, -0.25) is 0 Å². The molecule has 0 fully saturated rings. The Kier molecular flexibility index (Phi) is 8.47. The second-order valence-electron chi connectivity index (χ2n) is 3.89. The molecular weight excluding hydrogens is 236 g/mol. The molecular formula is C10H21ClO3S. The van der Waals surface area contributed by atoms with Crippen molar-refractivity contribution in [2.45, 2.75) is 39.5 Å². The molecule has 0 N–H and O–H groups in total. The summed E-state index contributed by atoms with van der Waals surface area (Å²) < 4.78 is 26.8. The van der Waals surface area contributed by atoms with Crippen LogP contribution < -0.4 is 0 Å². The molecule has 0 aliphatic rings. The molecule has 0 heterocycles. The molecule has 0 aromatic rings. The van der Waals surface area contributed by atoms with E-state index >= 15 is 0 Å². The van der Waals surface area contributed by atoms with E-state index in [-0.39, 0.29) is 5.75 Å². The van der Waals surface area contributed by atoms with E-state index in [0.29, 0.717) is 18.9 Å². The molecule has 1 atom stereocenters. The van der Waals surface area contributed by atoms with Crippen LogP contribution >= 0.6 is 10.7 Å². The molecule has 0 aliphatic heterocycles. The molecule has 5 heteroatoms. The van der Waals surface area contributed by atoms with Crippen LogP contribution in [0.25, 0.3) is 0 Å². The molecule has 0 radical (unpaired) electrons. The highest BCUT2D eigenvalue weighted by Crippen LogP contribution is 2.11. The first-order chi connectivity index (χ1) is 6.95. The summed E-state index contributed by atoms with van der Waals surface area (Å²) in [5.41, 5.74) is 0. The van der Waals surface area contributed by atoms with Gasteiger partial charge in [0.2, 0.25) is 9.05 Å². The molecule has 0 spiro atoms. The van der Waals surface area contributed by atoms with Crippen LogP contribution in [-0.4, -0.2) is 27.4 Å². The highest BCUT2D eigenvalue weighted by molar-refractivity contribution is 8.13. The number of rotatable bonds is 9. The average Bonchev–Trinajstić information content (AvgIpc) is 2.13. The third kappa shape index (κ3) is 12.1. The lowest BCUT2D eigenvalue weighted by molar-refractivity contribution is 0.119. The van der Waals surface area contributed by atoms with Gasteiger partial charge in [-0.2, -0.15) is 0 Å². The minimum atomic E-state index is -3.33. The van der Waals surface area contributed by atoms with E-state index in [1.807, 2.05) is 6.92 Å². The van der Waals surface area contributed by atoms with Crippen molar-refractivity contribution >= 4 is 19.7 Å². The molecule has 92 valence electrons. The summed E-state index contributed by atoms with van der Waals surface area (Å²) in [6.45, 7) is 5.66. The van der Waals surface area contributed by atoms with Gasteiger partial charge in [0.25, 0.3) is 0 Å². The summed E-state index contributed by atoms with van der Waals surface area (Å²) in [5.74, 6) is 0.408. The van der Waals surface area contributed by atoms with Crippen molar-refractivity contribution in [3.63, 3.8) is 0 Å². The van der Waals surface area contributed by atoms with Crippen molar-refractivity contribution in [1.29, 1.82) is 0 Å². The van der Waals surface area contributed by atoms with Crippen molar-refractivity contribution in [2.24, 2.45) is 5.92 Å². The van der Waals surface area contributed by atoms with Gasteiger partial charge in [-0.15, -0.1) is 0 Å². The second kappa shape index (κ2) is 8.36. The zero-order valence-electron chi connectivity index (χ0n) is 9.54. The fourth-order valence-electron chi connectivity index (χ4n) is 1.12. The zero-order chi connectivity index (χ0) is 11.7. The second-order valence-corrected chi connectivity index (χ2v) is 6.79. The molecule has 0 saturated carbocycles. The zero-order valence-corrected chi connectivity index (χ0v) is 11.1. The lowest BCUT2D eigenvalue weighted by Crippen LogP contribution is -2.07. The van der Waals surface area contributed by atoms with Crippen LogP contribution in [0, 0.1) is 5.92 Å². The number of hydrogen-bond donors (Lipinski definition) is 0. The van der Waals surface area contributed by atoms with Gasteiger partial charge < -0.3 is 4.74 Å². The van der Waals surface area contributed by atoms with Gasteiger partial charge in [0.15, 0.2) is 0 Å². The van der Waals surface area contributed by atoms with E-state index in [1.54, 1.807) is 0 Å². The van der Waals surface area contributed by atoms with Crippen LogP contribution in [0.15, 0.2) is 0 Å². The Morgan fingerprint density at radius 2 is 1.93 bits per heavy atom. The maximum Gasteiger partial charge on any atom is 0.232 e. The number of unbranched alkanes of at least 4 members (excludes halogenated alkanes) is 1. The van der Waals surface area contributed by atoms with Crippen LogP contribution in [0.3, 0.4) is 0 Å². The van der Waals surface area contributed by atoms with E-state index in [1.165, 1.54) is 0 Å². The maximum atomic E-state index is 10.7. The fraction of sp³-hybridized carbons (Fsp3) is 1.00. The van der Waals surface area contributed by atoms with Crippen LogP contribution in [-0.2, 0) is 13.8 Å². The molecule has 0 saturated heterocycles. The van der Waals surface area contributed by atoms with Crippen LogP contribution in [0.2, 0.25) is 0 Å². The monoisotopic (exact) mass is 256 g/mol. The number of ether oxygens (including phenoxy) is 1. The topological polar surface area (TPSA) is 43.4 Å². The summed E-state index contributed by atoms with van der Waals surface area (Å²) in [4.78, 5) is 0. The Morgan fingerprint density at radius 1 is 1.27 bits per heavy atom. The summed E-state index contributed by atoms with van der Waals surface area (Å²) in [5, 5.41) is 0. The van der Waals surface area contributed by atoms with Crippen molar-refractivity contribution in [3.8, 4) is 0 Å². The Hall–Kier alpha value is 0.200. The van der Waals surface area contributed by atoms with Gasteiger partial charge in [0.05, 0.1) is 5.75 Å². The van der Waals surface area contributed by atoms with E-state index in [2.05, 4.69) is 6.92 Å². The van der Waals surface area contributed by atoms with Crippen LogP contribution in [0.5, 0.6) is 0 Å². The molecule has 15 heavy (non-hydrogen) atoms. The first kappa shape index (κ1) is 15.2. The van der Waals surface area contributed by atoms with Crippen LogP contribution in [0.4, 0.5) is 0 Å². The minimum Gasteiger partial charge on any atom is -0.381 e. The molecule has 3 nitrogen and oxygen atoms in total. The Bertz CT molecular complexity index is 239. The van der Waals surface area contributed by atoms with Crippen molar-refractivity contribution < 1.29 is 13.2 Å². The fourth-order valence-corrected chi connectivity index (χ4v) is 2.07. The van der Waals surface area contributed by atoms with Crippen molar-refractivity contribution in [3.05, 3.63) is 0 Å². The Morgan fingerprint density at radius 3 is 2.47 bits per heavy atom. The average molecular weight is 257 g/mol. The summed E-state index contributed by atoms with van der Waals surface area (Å²) in [7, 11) is 1.79. The summed E-state index contributed by atoms with van der Waals surface area (Å²) >= 11 is 0. The smallest absolute Gasteiger partial charge is 0.232 e. The van der Waals surface area contributed by atoms with Crippen LogP contribution in [0.1, 0.15) is 39.5 Å². The quantitative estimate of drug-likeness (QED) is 0.471. The van der Waals surface area contributed by atoms with Crippen molar-refractivity contribution in [2.75, 3.05) is 19.0 Å². The SMILES string of the molecule is CCCCOCCC(C)CCS(=O)(=O)Cl. The summed E-state index contributed by atoms with van der Waals surface area (Å²) in [6, 6.07) is 0. The molecule has 0 aromatic heterocycles. The summed E-state index contributed by atoms with van der Waals surface area (Å²) in [6.07, 6.45) is 3.74. The third-order valence-corrected chi connectivity index (χ3v) is 3.44. The van der Waals surface area contributed by atoms with Gasteiger partial charge in [-0.1, -0.05) is 20.3 Å². The van der Waals surface area contributed by atoms with Gasteiger partial charge >= 0.3 is 0 Å². The maximum absolute atomic E-state index is 10.7. The van der Waals surface area contributed by atoms with E-state index in [9.17, 15) is 8.42 Å². The lowest BCUT2D eigenvalue weighted by Gasteiger charge is -2.10. The number of hydrogen-bond acceptors (Lipinski definition) is 3. The van der Waals surface area contributed by atoms with Crippen molar-refractivity contribution in [1.82, 2.24) is 0 Å². The van der Waals surface area contributed by atoms with Gasteiger partial charge in [-0.25, -0.2) is 8.42 Å². The number of halogens is 1. The molecule has 0 rings (SSSR count). The van der Waals surface area contributed by atoms with E-state index in [0.717, 1.165) is 25.9 Å². The van der Waals surface area contributed by atoms with E-state index in [4.69, 9.17) is 15.4 Å². The van der Waals surface area contributed by atoms with Gasteiger partial charge in [-0.05, 0) is 25.2 Å². The Labute approximate surface area is 97.6 Å². The molecule has 0 aromatic carbocycles. The molecule has 0 bridgehead atoms. The largest absolute Gasteiger partial charge is 0.381 e. The Balaban J connectivity index is 3.37. The standard InChI is InChI=1S/C10H21ClO3S/c1-3-4-7-14-8-5-10(2)6-9-15(11,12)13/h10H,3-9H2,1-2H3. The highest BCUT2D eigenvalue weighted by atomic mass is 35.7. The van der Waals surface area contributed by atoms with Gasteiger partial charge in [0, 0.05) is 23.9 Å². The first-order valence-electron chi connectivity index (χ1n) is 5.45. The lowest BCUT2D eigenvalue weighted by atomic mass is 10.1. The molecule has 1 unspecified atom stereocenters. The third-order valence-electron chi connectivity index (χ3n) is 2.25. The van der Waals surface area contributed by atoms with Gasteiger partial charge in [0.1, 0.15) is 0 Å². The first-order valence-corrected chi connectivity index (χ1v) is 7.93. The predicted molar refractivity (Wildman–Crippen MR) is 63.8 cm³/mol.